The largest absolute Gasteiger partial charge is 0.476 e. The molecule has 140 valence electrons. The van der Waals surface area contributed by atoms with E-state index in [2.05, 4.69) is 5.32 Å². The number of nitrogens with two attached hydrogens (primary N) is 1. The molecule has 12 nitrogen and oxygen atoms in total. The van der Waals surface area contributed by atoms with Crippen molar-refractivity contribution in [3.8, 4) is 5.75 Å². The van der Waals surface area contributed by atoms with Crippen molar-refractivity contribution in [2.75, 3.05) is 18.1 Å². The first kappa shape index (κ1) is 18.9. The molecule has 0 bridgehead atoms. The van der Waals surface area contributed by atoms with Crippen LogP contribution in [0.4, 0.5) is 21.9 Å². The summed E-state index contributed by atoms with van der Waals surface area (Å²) in [7, 11) is 0. The minimum absolute atomic E-state index is 0.0722. The number of amides is 3. The predicted molar refractivity (Wildman–Crippen MR) is 89.2 cm³/mol. The van der Waals surface area contributed by atoms with E-state index in [1.54, 1.807) is 13.8 Å². The van der Waals surface area contributed by atoms with Crippen molar-refractivity contribution in [3.05, 3.63) is 31.9 Å². The first-order valence-corrected chi connectivity index (χ1v) is 7.61. The summed E-state index contributed by atoms with van der Waals surface area (Å²) in [5, 5.41) is 25.3. The lowest BCUT2D eigenvalue weighted by molar-refractivity contribution is -0.394. The summed E-state index contributed by atoms with van der Waals surface area (Å²) in [4.78, 5) is 45.5. The molecule has 0 radical (unpaired) electrons. The number of hydrogen-bond acceptors (Lipinski definition) is 7. The molecule has 1 heterocycles. The Hall–Kier alpha value is -3.44. The van der Waals surface area contributed by atoms with Crippen LogP contribution in [0.3, 0.4) is 0 Å². The molecule has 0 fully saturated rings. The van der Waals surface area contributed by atoms with Crippen molar-refractivity contribution >= 4 is 29.0 Å². The number of urea groups is 1. The SMILES string of the molecule is CC(C)NC(=O)N1CCc2c(OCC(N)=O)c([N+](=O)[O-])cc([N+](=O)[O-])c21. The lowest BCUT2D eigenvalue weighted by Gasteiger charge is -2.20. The van der Waals surface area contributed by atoms with E-state index in [-0.39, 0.29) is 36.0 Å². The molecule has 26 heavy (non-hydrogen) atoms. The van der Waals surface area contributed by atoms with Crippen molar-refractivity contribution < 1.29 is 24.2 Å². The van der Waals surface area contributed by atoms with Crippen LogP contribution in [0.25, 0.3) is 0 Å². The van der Waals surface area contributed by atoms with Crippen molar-refractivity contribution in [1.82, 2.24) is 5.32 Å². The van der Waals surface area contributed by atoms with Crippen LogP contribution in [-0.2, 0) is 11.2 Å². The molecule has 0 saturated heterocycles. The quantitative estimate of drug-likeness (QED) is 0.554. The molecule has 1 aromatic rings. The molecule has 0 unspecified atom stereocenters. The highest BCUT2D eigenvalue weighted by Gasteiger charge is 2.39. The van der Waals surface area contributed by atoms with E-state index in [4.69, 9.17) is 10.5 Å². The third-order valence-corrected chi connectivity index (χ3v) is 3.57. The highest BCUT2D eigenvalue weighted by atomic mass is 16.6. The molecule has 0 saturated carbocycles. The first-order valence-electron chi connectivity index (χ1n) is 7.61. The molecular weight excluding hydrogens is 350 g/mol. The second-order valence-electron chi connectivity index (χ2n) is 5.85. The zero-order chi connectivity index (χ0) is 19.6. The van der Waals surface area contributed by atoms with E-state index in [1.165, 1.54) is 0 Å². The van der Waals surface area contributed by atoms with Gasteiger partial charge in [0, 0.05) is 18.2 Å². The normalized spacial score (nSPS) is 12.7. The summed E-state index contributed by atoms with van der Waals surface area (Å²) >= 11 is 0. The number of nitro benzene ring substituents is 2. The van der Waals surface area contributed by atoms with Gasteiger partial charge in [0.15, 0.2) is 6.61 Å². The van der Waals surface area contributed by atoms with Crippen LogP contribution in [0.1, 0.15) is 19.4 Å². The molecule has 0 aromatic heterocycles. The number of carbonyl (C=O) groups is 2. The van der Waals surface area contributed by atoms with Gasteiger partial charge in [0.05, 0.1) is 9.85 Å². The summed E-state index contributed by atoms with van der Waals surface area (Å²) in [6, 6.07) is -0.0679. The Labute approximate surface area is 147 Å². The predicted octanol–water partition coefficient (Wildman–Crippen LogP) is 0.848. The topological polar surface area (TPSA) is 171 Å². The zero-order valence-electron chi connectivity index (χ0n) is 14.1. The van der Waals surface area contributed by atoms with Gasteiger partial charge in [-0.2, -0.15) is 0 Å². The summed E-state index contributed by atoms with van der Waals surface area (Å²) < 4.78 is 5.15. The second-order valence-corrected chi connectivity index (χ2v) is 5.85. The fraction of sp³-hybridized carbons (Fsp3) is 0.429. The van der Waals surface area contributed by atoms with Crippen LogP contribution < -0.4 is 20.7 Å². The van der Waals surface area contributed by atoms with Gasteiger partial charge in [0.1, 0.15) is 11.8 Å². The highest BCUT2D eigenvalue weighted by Crippen LogP contribution is 2.47. The molecule has 2 rings (SSSR count). The lowest BCUT2D eigenvalue weighted by atomic mass is 10.1. The van der Waals surface area contributed by atoms with Crippen LogP contribution >= 0.6 is 0 Å². The average Bonchev–Trinajstić information content (AvgIpc) is 2.95. The van der Waals surface area contributed by atoms with Gasteiger partial charge in [-0.15, -0.1) is 0 Å². The van der Waals surface area contributed by atoms with Crippen LogP contribution in [0.15, 0.2) is 6.07 Å². The molecule has 3 amide bonds. The van der Waals surface area contributed by atoms with Crippen molar-refractivity contribution in [1.29, 1.82) is 0 Å². The Bertz CT molecular complexity index is 792. The fourth-order valence-corrected chi connectivity index (χ4v) is 2.66. The van der Waals surface area contributed by atoms with Gasteiger partial charge in [-0.05, 0) is 20.3 Å². The number of hydrogen-bond donors (Lipinski definition) is 2. The number of anilines is 1. The summed E-state index contributed by atoms with van der Waals surface area (Å²) in [6.07, 6.45) is 0.0947. The number of carbonyl (C=O) groups excluding carboxylic acids is 2. The van der Waals surface area contributed by atoms with Crippen LogP contribution in [0, 0.1) is 20.2 Å². The van der Waals surface area contributed by atoms with Gasteiger partial charge in [-0.25, -0.2) is 4.79 Å². The minimum atomic E-state index is -0.862. The number of benzene rings is 1. The fourth-order valence-electron chi connectivity index (χ4n) is 2.66. The van der Waals surface area contributed by atoms with E-state index in [0.29, 0.717) is 0 Å². The molecule has 1 aliphatic rings. The van der Waals surface area contributed by atoms with Crippen LogP contribution in [0.2, 0.25) is 0 Å². The molecule has 12 heteroatoms. The van der Waals surface area contributed by atoms with Crippen molar-refractivity contribution in [3.63, 3.8) is 0 Å². The van der Waals surface area contributed by atoms with E-state index in [0.717, 1.165) is 11.0 Å². The number of fused-ring (bicyclic) bond motifs is 1. The van der Waals surface area contributed by atoms with E-state index < -0.39 is 39.8 Å². The van der Waals surface area contributed by atoms with Gasteiger partial charge in [0.2, 0.25) is 5.75 Å². The minimum Gasteiger partial charge on any atom is -0.476 e. The molecule has 0 spiro atoms. The summed E-state index contributed by atoms with van der Waals surface area (Å²) in [6.45, 7) is 2.88. The standard InChI is InChI=1S/C14H17N5O7/c1-7(2)16-14(21)17-4-3-8-12(17)9(18(22)23)5-10(19(24)25)13(8)26-6-11(15)20/h5,7H,3-4,6H2,1-2H3,(H2,15,20)(H,16,21). The number of nitrogens with one attached hydrogen (secondary N) is 1. The number of ether oxygens (including phenoxy) is 1. The maximum absolute atomic E-state index is 12.3. The molecular formula is C14H17N5O7. The Balaban J connectivity index is 2.63. The van der Waals surface area contributed by atoms with Gasteiger partial charge >= 0.3 is 11.7 Å². The Morgan fingerprint density at radius 2 is 1.92 bits per heavy atom. The second kappa shape index (κ2) is 7.21. The highest BCUT2D eigenvalue weighted by molar-refractivity contribution is 5.98. The summed E-state index contributed by atoms with van der Waals surface area (Å²) in [5.41, 5.74) is 3.78. The maximum Gasteiger partial charge on any atom is 0.322 e. The number of primary amides is 1. The van der Waals surface area contributed by atoms with E-state index in [1.807, 2.05) is 0 Å². The van der Waals surface area contributed by atoms with E-state index >= 15 is 0 Å². The van der Waals surface area contributed by atoms with Gasteiger partial charge in [0.25, 0.3) is 11.6 Å². The smallest absolute Gasteiger partial charge is 0.322 e. The number of rotatable bonds is 6. The molecule has 1 aromatic carbocycles. The lowest BCUT2D eigenvalue weighted by Crippen LogP contribution is -2.42. The summed E-state index contributed by atoms with van der Waals surface area (Å²) in [5.74, 6) is -1.16. The van der Waals surface area contributed by atoms with Crippen LogP contribution in [0.5, 0.6) is 5.75 Å². The molecule has 0 atom stereocenters. The van der Waals surface area contributed by atoms with E-state index in [9.17, 15) is 29.8 Å². The Kier molecular flexibility index (Phi) is 5.24. The average molecular weight is 367 g/mol. The maximum atomic E-state index is 12.3. The number of nitrogens with zero attached hydrogens (tertiary/aromatic N) is 3. The Morgan fingerprint density at radius 3 is 2.42 bits per heavy atom. The third-order valence-electron chi connectivity index (χ3n) is 3.57. The van der Waals surface area contributed by atoms with Gasteiger partial charge < -0.3 is 15.8 Å². The molecule has 0 aliphatic carbocycles. The zero-order valence-corrected chi connectivity index (χ0v) is 14.1. The Morgan fingerprint density at radius 1 is 1.31 bits per heavy atom. The molecule has 3 N–H and O–H groups in total. The van der Waals surface area contributed by atoms with Crippen LogP contribution in [-0.4, -0.2) is 41.0 Å². The van der Waals surface area contributed by atoms with Crippen molar-refractivity contribution in [2.45, 2.75) is 26.3 Å². The number of nitro groups is 2. The monoisotopic (exact) mass is 367 g/mol. The molecule has 1 aliphatic heterocycles. The van der Waals surface area contributed by atoms with Gasteiger partial charge in [-0.3, -0.25) is 29.9 Å². The third kappa shape index (κ3) is 3.63. The van der Waals surface area contributed by atoms with Crippen molar-refractivity contribution in [2.24, 2.45) is 5.73 Å². The van der Waals surface area contributed by atoms with Gasteiger partial charge in [-0.1, -0.05) is 0 Å². The first-order chi connectivity index (χ1) is 12.1.